The van der Waals surface area contributed by atoms with Gasteiger partial charge in [-0.25, -0.2) is 4.98 Å². The van der Waals surface area contributed by atoms with E-state index >= 15 is 0 Å². The zero-order chi connectivity index (χ0) is 18.1. The van der Waals surface area contributed by atoms with E-state index in [1.165, 1.54) is 11.2 Å². The van der Waals surface area contributed by atoms with Crippen LogP contribution in [0, 0.1) is 0 Å². The summed E-state index contributed by atoms with van der Waals surface area (Å²) in [6.07, 6.45) is 1.67. The van der Waals surface area contributed by atoms with E-state index in [2.05, 4.69) is 4.98 Å². The second kappa shape index (κ2) is 6.26. The van der Waals surface area contributed by atoms with Crippen LogP contribution in [0.15, 0.2) is 71.3 Å². The number of aromatic nitrogens is 1. The van der Waals surface area contributed by atoms with E-state index in [1.54, 1.807) is 0 Å². The topological polar surface area (TPSA) is 63.4 Å². The minimum absolute atomic E-state index is 0.121. The monoisotopic (exact) mass is 346 g/mol. The van der Waals surface area contributed by atoms with E-state index in [1.807, 2.05) is 67.6 Å². The van der Waals surface area contributed by atoms with E-state index in [0.717, 1.165) is 11.1 Å². The molecule has 130 valence electrons. The van der Waals surface area contributed by atoms with Crippen LogP contribution in [0.2, 0.25) is 0 Å². The number of nitrogens with zero attached hydrogens (tertiary/aromatic N) is 2. The van der Waals surface area contributed by atoms with E-state index in [9.17, 15) is 9.59 Å². The van der Waals surface area contributed by atoms with Gasteiger partial charge in [0.25, 0.3) is 0 Å². The first-order valence-electron chi connectivity index (χ1n) is 8.48. The summed E-state index contributed by atoms with van der Waals surface area (Å²) in [4.78, 5) is 31.2. The molecule has 1 atom stereocenters. The number of likely N-dealkylation sites (tertiary alicyclic amines) is 1. The SMILES string of the molecule is CC1(c2ccccc2)CC(=O)N(Cc2coc(-c3ccccc3)n2)C1=O. The number of hydrogen-bond acceptors (Lipinski definition) is 4. The largest absolute Gasteiger partial charge is 0.444 e. The van der Waals surface area contributed by atoms with Crippen molar-refractivity contribution in [1.29, 1.82) is 0 Å². The summed E-state index contributed by atoms with van der Waals surface area (Å²) in [6, 6.07) is 18.9. The van der Waals surface area contributed by atoms with Gasteiger partial charge < -0.3 is 4.42 Å². The van der Waals surface area contributed by atoms with Gasteiger partial charge in [0, 0.05) is 12.0 Å². The molecule has 0 radical (unpaired) electrons. The van der Waals surface area contributed by atoms with Crippen molar-refractivity contribution in [3.8, 4) is 11.5 Å². The van der Waals surface area contributed by atoms with Gasteiger partial charge in [-0.1, -0.05) is 48.5 Å². The zero-order valence-electron chi connectivity index (χ0n) is 14.4. The summed E-state index contributed by atoms with van der Waals surface area (Å²) in [5, 5.41) is 0. The predicted molar refractivity (Wildman–Crippen MR) is 95.9 cm³/mol. The van der Waals surface area contributed by atoms with Crippen LogP contribution < -0.4 is 0 Å². The standard InChI is InChI=1S/C21H18N2O3/c1-21(16-10-6-3-7-11-16)12-18(24)23(20(21)25)13-17-14-26-19(22-17)15-8-4-2-5-9-15/h2-11,14H,12-13H2,1H3. The lowest BCUT2D eigenvalue weighted by Crippen LogP contribution is -2.36. The number of oxazole rings is 1. The molecule has 1 fully saturated rings. The van der Waals surface area contributed by atoms with Crippen molar-refractivity contribution < 1.29 is 14.0 Å². The molecular weight excluding hydrogens is 328 g/mol. The smallest absolute Gasteiger partial charge is 0.240 e. The number of rotatable bonds is 4. The Morgan fingerprint density at radius 1 is 1.04 bits per heavy atom. The third kappa shape index (κ3) is 2.71. The molecule has 3 aromatic rings. The number of carbonyl (C=O) groups is 2. The minimum Gasteiger partial charge on any atom is -0.444 e. The first-order valence-corrected chi connectivity index (χ1v) is 8.48. The molecular formula is C21H18N2O3. The van der Waals surface area contributed by atoms with Gasteiger partial charge in [0.2, 0.25) is 17.7 Å². The molecule has 1 unspecified atom stereocenters. The summed E-state index contributed by atoms with van der Waals surface area (Å²) in [7, 11) is 0. The lowest BCUT2D eigenvalue weighted by molar-refractivity contribution is -0.140. The van der Waals surface area contributed by atoms with Crippen LogP contribution in [0.5, 0.6) is 0 Å². The Morgan fingerprint density at radius 3 is 2.38 bits per heavy atom. The average Bonchev–Trinajstić information content (AvgIpc) is 3.23. The van der Waals surface area contributed by atoms with Crippen molar-refractivity contribution >= 4 is 11.8 Å². The number of amides is 2. The number of hydrogen-bond donors (Lipinski definition) is 0. The van der Waals surface area contributed by atoms with Gasteiger partial charge in [-0.2, -0.15) is 0 Å². The van der Waals surface area contributed by atoms with Crippen molar-refractivity contribution in [2.75, 3.05) is 0 Å². The molecule has 2 aromatic carbocycles. The van der Waals surface area contributed by atoms with Gasteiger partial charge in [0.1, 0.15) is 6.26 Å². The lowest BCUT2D eigenvalue weighted by atomic mass is 9.81. The highest BCUT2D eigenvalue weighted by molar-refractivity contribution is 6.08. The molecule has 26 heavy (non-hydrogen) atoms. The van der Waals surface area contributed by atoms with Crippen LogP contribution >= 0.6 is 0 Å². The van der Waals surface area contributed by atoms with Crippen LogP contribution in [-0.2, 0) is 21.5 Å². The molecule has 0 N–H and O–H groups in total. The Bertz CT molecular complexity index is 950. The molecule has 5 heteroatoms. The Labute approximate surface area is 151 Å². The van der Waals surface area contributed by atoms with Crippen LogP contribution in [-0.4, -0.2) is 21.7 Å². The second-order valence-corrected chi connectivity index (χ2v) is 6.67. The fraction of sp³-hybridized carbons (Fsp3) is 0.190. The van der Waals surface area contributed by atoms with Crippen molar-refractivity contribution in [2.45, 2.75) is 25.3 Å². The lowest BCUT2D eigenvalue weighted by Gasteiger charge is -2.22. The quantitative estimate of drug-likeness (QED) is 0.678. The number of carbonyl (C=O) groups excluding carboxylic acids is 2. The average molecular weight is 346 g/mol. The Hall–Kier alpha value is -3.21. The molecule has 2 heterocycles. The van der Waals surface area contributed by atoms with Crippen LogP contribution in [0.4, 0.5) is 0 Å². The Balaban J connectivity index is 1.57. The molecule has 4 rings (SSSR count). The molecule has 0 saturated carbocycles. The Morgan fingerprint density at radius 2 is 1.69 bits per heavy atom. The molecule has 0 aliphatic carbocycles. The van der Waals surface area contributed by atoms with E-state index in [4.69, 9.17) is 4.42 Å². The predicted octanol–water partition coefficient (Wildman–Crippen LogP) is 3.56. The molecule has 1 aromatic heterocycles. The fourth-order valence-electron chi connectivity index (χ4n) is 3.33. The van der Waals surface area contributed by atoms with Gasteiger partial charge in [-0.3, -0.25) is 14.5 Å². The number of benzene rings is 2. The maximum absolute atomic E-state index is 13.0. The third-order valence-electron chi connectivity index (χ3n) is 4.83. The fourth-order valence-corrected chi connectivity index (χ4v) is 3.33. The van der Waals surface area contributed by atoms with E-state index < -0.39 is 5.41 Å². The highest BCUT2D eigenvalue weighted by Crippen LogP contribution is 2.36. The molecule has 1 aliphatic heterocycles. The summed E-state index contributed by atoms with van der Waals surface area (Å²) < 4.78 is 5.51. The summed E-state index contributed by atoms with van der Waals surface area (Å²) in [5.74, 6) is 0.0918. The highest BCUT2D eigenvalue weighted by Gasteiger charge is 2.49. The molecule has 1 saturated heterocycles. The van der Waals surface area contributed by atoms with Crippen molar-refractivity contribution in [3.05, 3.63) is 78.2 Å². The first-order chi connectivity index (χ1) is 12.6. The van der Waals surface area contributed by atoms with Gasteiger partial charge in [0.05, 0.1) is 17.7 Å². The summed E-state index contributed by atoms with van der Waals surface area (Å²) >= 11 is 0. The molecule has 5 nitrogen and oxygen atoms in total. The first kappa shape index (κ1) is 16.3. The Kier molecular flexibility index (Phi) is 3.92. The summed E-state index contributed by atoms with van der Waals surface area (Å²) in [5.41, 5.74) is 1.44. The molecule has 0 spiro atoms. The summed E-state index contributed by atoms with van der Waals surface area (Å²) in [6.45, 7) is 1.94. The van der Waals surface area contributed by atoms with Crippen molar-refractivity contribution in [3.63, 3.8) is 0 Å². The van der Waals surface area contributed by atoms with E-state index in [0.29, 0.717) is 11.6 Å². The van der Waals surface area contributed by atoms with Gasteiger partial charge in [-0.15, -0.1) is 0 Å². The maximum Gasteiger partial charge on any atom is 0.240 e. The molecule has 1 aliphatic rings. The van der Waals surface area contributed by atoms with Crippen molar-refractivity contribution in [1.82, 2.24) is 9.88 Å². The second-order valence-electron chi connectivity index (χ2n) is 6.67. The van der Waals surface area contributed by atoms with Gasteiger partial charge in [0.15, 0.2) is 0 Å². The molecule has 2 amide bonds. The zero-order valence-corrected chi connectivity index (χ0v) is 14.4. The third-order valence-corrected chi connectivity index (χ3v) is 4.83. The maximum atomic E-state index is 13.0. The van der Waals surface area contributed by atoms with Crippen molar-refractivity contribution in [2.24, 2.45) is 0 Å². The van der Waals surface area contributed by atoms with E-state index in [-0.39, 0.29) is 24.8 Å². The van der Waals surface area contributed by atoms with Gasteiger partial charge in [-0.05, 0) is 24.6 Å². The van der Waals surface area contributed by atoms with Crippen LogP contribution in [0.1, 0.15) is 24.6 Å². The minimum atomic E-state index is -0.829. The normalized spacial score (nSPS) is 20.0. The van der Waals surface area contributed by atoms with Crippen LogP contribution in [0.3, 0.4) is 0 Å². The van der Waals surface area contributed by atoms with Crippen LogP contribution in [0.25, 0.3) is 11.5 Å². The van der Waals surface area contributed by atoms with Gasteiger partial charge >= 0.3 is 0 Å². The number of imide groups is 1. The molecule has 0 bridgehead atoms. The highest BCUT2D eigenvalue weighted by atomic mass is 16.3.